The highest BCUT2D eigenvalue weighted by Crippen LogP contribution is 2.35. The molecule has 8 nitrogen and oxygen atoms in total. The number of H-pyrrole nitrogens is 1. The molecule has 0 aliphatic carbocycles. The number of hydrogen-bond donors (Lipinski definition) is 2. The summed E-state index contributed by atoms with van der Waals surface area (Å²) in [5.74, 6) is 2.00. The van der Waals surface area contributed by atoms with Crippen molar-refractivity contribution in [2.45, 2.75) is 32.6 Å². The molecular formula is C24H26N2O6. The molecule has 8 heteroatoms. The fraction of sp³-hybridized carbons (Fsp3) is 0.333. The van der Waals surface area contributed by atoms with Crippen molar-refractivity contribution < 1.29 is 23.7 Å². The Morgan fingerprint density at radius 3 is 2.78 bits per heavy atom. The summed E-state index contributed by atoms with van der Waals surface area (Å²) < 4.78 is 22.0. The molecule has 0 saturated carbocycles. The van der Waals surface area contributed by atoms with Gasteiger partial charge in [0, 0.05) is 5.39 Å². The minimum Gasteiger partial charge on any atom is -0.493 e. The van der Waals surface area contributed by atoms with E-state index >= 15 is 0 Å². The summed E-state index contributed by atoms with van der Waals surface area (Å²) >= 11 is 0. The highest BCUT2D eigenvalue weighted by molar-refractivity contribution is 5.95. The third-order valence-electron chi connectivity index (χ3n) is 5.23. The predicted octanol–water partition coefficient (Wildman–Crippen LogP) is 4.02. The number of hydrogen-bond acceptors (Lipinski definition) is 6. The summed E-state index contributed by atoms with van der Waals surface area (Å²) in [6.07, 6.45) is 3.15. The standard InChI is InChI=1S/C24H26N2O6/c1-3-4-5-10-30-23-19(29-2)9-7-16-13-17(24(28)26-22(16)23)25-21(27)12-15-6-8-18-20(11-15)32-14-31-18/h6-9,11,13H,3-5,10,12,14H2,1-2H3,(H,25,27)(H,26,28). The third-order valence-corrected chi connectivity index (χ3v) is 5.23. The number of carbonyl (C=O) groups is 1. The average Bonchev–Trinajstić information content (AvgIpc) is 3.25. The molecule has 0 spiro atoms. The van der Waals surface area contributed by atoms with Gasteiger partial charge in [0.15, 0.2) is 23.0 Å². The Morgan fingerprint density at radius 1 is 1.12 bits per heavy atom. The van der Waals surface area contributed by atoms with E-state index in [4.69, 9.17) is 18.9 Å². The van der Waals surface area contributed by atoms with E-state index < -0.39 is 5.56 Å². The van der Waals surface area contributed by atoms with Crippen molar-refractivity contribution in [2.75, 3.05) is 25.8 Å². The number of carbonyl (C=O) groups excluding carboxylic acids is 1. The Labute approximate surface area is 185 Å². The zero-order chi connectivity index (χ0) is 22.5. The molecule has 168 valence electrons. The van der Waals surface area contributed by atoms with Crippen molar-refractivity contribution in [1.82, 2.24) is 4.98 Å². The van der Waals surface area contributed by atoms with Crippen LogP contribution in [0.25, 0.3) is 10.9 Å². The molecule has 0 bridgehead atoms. The first kappa shape index (κ1) is 21.5. The Morgan fingerprint density at radius 2 is 1.97 bits per heavy atom. The van der Waals surface area contributed by atoms with Crippen molar-refractivity contribution in [3.63, 3.8) is 0 Å². The van der Waals surface area contributed by atoms with Crippen LogP contribution in [0, 0.1) is 0 Å². The van der Waals surface area contributed by atoms with Gasteiger partial charge in [-0.3, -0.25) is 9.59 Å². The molecule has 1 aliphatic rings. The van der Waals surface area contributed by atoms with Crippen molar-refractivity contribution in [3.05, 3.63) is 52.3 Å². The summed E-state index contributed by atoms with van der Waals surface area (Å²) in [5, 5.41) is 3.43. The molecule has 0 fully saturated rings. The van der Waals surface area contributed by atoms with Gasteiger partial charge in [-0.15, -0.1) is 0 Å². The minimum absolute atomic E-state index is 0.0997. The van der Waals surface area contributed by atoms with Gasteiger partial charge in [0.1, 0.15) is 5.69 Å². The van der Waals surface area contributed by atoms with Crippen molar-refractivity contribution in [1.29, 1.82) is 0 Å². The molecule has 2 heterocycles. The summed E-state index contributed by atoms with van der Waals surface area (Å²) in [7, 11) is 1.56. The number of amides is 1. The first-order valence-electron chi connectivity index (χ1n) is 10.6. The lowest BCUT2D eigenvalue weighted by Gasteiger charge is -2.14. The van der Waals surface area contributed by atoms with E-state index in [0.29, 0.717) is 35.1 Å². The number of methoxy groups -OCH3 is 1. The summed E-state index contributed by atoms with van der Waals surface area (Å²) in [6, 6.07) is 10.6. The largest absolute Gasteiger partial charge is 0.493 e. The lowest BCUT2D eigenvalue weighted by molar-refractivity contribution is -0.115. The Bertz CT molecular complexity index is 1190. The van der Waals surface area contributed by atoms with Gasteiger partial charge >= 0.3 is 0 Å². The SMILES string of the molecule is CCCCCOc1c(OC)ccc2cc(NC(=O)Cc3ccc4c(c3)OCO4)c(=O)[nH]c12. The molecule has 0 atom stereocenters. The average molecular weight is 438 g/mol. The number of nitrogens with one attached hydrogen (secondary N) is 2. The molecule has 2 aromatic carbocycles. The van der Waals surface area contributed by atoms with Crippen LogP contribution >= 0.6 is 0 Å². The van der Waals surface area contributed by atoms with Crippen molar-refractivity contribution in [2.24, 2.45) is 0 Å². The van der Waals surface area contributed by atoms with Crippen LogP contribution in [0.1, 0.15) is 31.7 Å². The zero-order valence-electron chi connectivity index (χ0n) is 18.2. The second kappa shape index (κ2) is 9.64. The molecule has 0 unspecified atom stereocenters. The van der Waals surface area contributed by atoms with Crippen LogP contribution in [0.15, 0.2) is 41.2 Å². The van der Waals surface area contributed by atoms with Crippen LogP contribution in [-0.4, -0.2) is 31.4 Å². The molecule has 32 heavy (non-hydrogen) atoms. The maximum atomic E-state index is 12.7. The number of unbranched alkanes of at least 4 members (excludes halogenated alkanes) is 2. The fourth-order valence-electron chi connectivity index (χ4n) is 3.58. The van der Waals surface area contributed by atoms with Gasteiger partial charge in [-0.05, 0) is 42.3 Å². The molecule has 0 saturated heterocycles. The van der Waals surface area contributed by atoms with Crippen LogP contribution in [-0.2, 0) is 11.2 Å². The van der Waals surface area contributed by atoms with Crippen LogP contribution in [0.3, 0.4) is 0 Å². The maximum Gasteiger partial charge on any atom is 0.272 e. The number of ether oxygens (including phenoxy) is 4. The van der Waals surface area contributed by atoms with E-state index in [2.05, 4.69) is 17.2 Å². The van der Waals surface area contributed by atoms with E-state index in [1.807, 2.05) is 6.07 Å². The second-order valence-corrected chi connectivity index (χ2v) is 7.54. The summed E-state index contributed by atoms with van der Waals surface area (Å²) in [6.45, 7) is 2.82. The minimum atomic E-state index is -0.414. The highest BCUT2D eigenvalue weighted by Gasteiger charge is 2.17. The van der Waals surface area contributed by atoms with Crippen molar-refractivity contribution >= 4 is 22.5 Å². The summed E-state index contributed by atoms with van der Waals surface area (Å²) in [4.78, 5) is 28.1. The number of fused-ring (bicyclic) bond motifs is 2. The first-order chi connectivity index (χ1) is 15.6. The summed E-state index contributed by atoms with van der Waals surface area (Å²) in [5.41, 5.74) is 1.06. The molecule has 0 radical (unpaired) electrons. The number of benzene rings is 2. The van der Waals surface area contributed by atoms with Crippen LogP contribution in [0.5, 0.6) is 23.0 Å². The van der Waals surface area contributed by atoms with Gasteiger partial charge in [-0.2, -0.15) is 0 Å². The Balaban J connectivity index is 1.53. The van der Waals surface area contributed by atoms with E-state index in [1.165, 1.54) is 0 Å². The normalized spacial score (nSPS) is 12.1. The van der Waals surface area contributed by atoms with E-state index in [1.54, 1.807) is 37.4 Å². The lowest BCUT2D eigenvalue weighted by atomic mass is 10.1. The predicted molar refractivity (Wildman–Crippen MR) is 121 cm³/mol. The smallest absolute Gasteiger partial charge is 0.272 e. The van der Waals surface area contributed by atoms with Crippen LogP contribution in [0.2, 0.25) is 0 Å². The van der Waals surface area contributed by atoms with E-state index in [0.717, 1.165) is 30.2 Å². The molecule has 1 aromatic heterocycles. The van der Waals surface area contributed by atoms with Crippen LogP contribution < -0.4 is 29.8 Å². The van der Waals surface area contributed by atoms with Gasteiger partial charge in [0.25, 0.3) is 5.56 Å². The second-order valence-electron chi connectivity index (χ2n) is 7.54. The van der Waals surface area contributed by atoms with Gasteiger partial charge in [0.2, 0.25) is 12.7 Å². The Kier molecular flexibility index (Phi) is 6.49. The quantitative estimate of drug-likeness (QED) is 0.490. The number of anilines is 1. The molecule has 4 rings (SSSR count). The van der Waals surface area contributed by atoms with Gasteiger partial charge in [-0.25, -0.2) is 0 Å². The fourth-order valence-corrected chi connectivity index (χ4v) is 3.58. The number of pyridine rings is 1. The molecule has 1 amide bonds. The monoisotopic (exact) mass is 438 g/mol. The maximum absolute atomic E-state index is 12.7. The third kappa shape index (κ3) is 4.64. The van der Waals surface area contributed by atoms with Gasteiger partial charge in [0.05, 0.1) is 25.7 Å². The molecule has 1 aliphatic heterocycles. The van der Waals surface area contributed by atoms with Gasteiger partial charge < -0.3 is 29.2 Å². The highest BCUT2D eigenvalue weighted by atomic mass is 16.7. The first-order valence-corrected chi connectivity index (χ1v) is 10.6. The zero-order valence-corrected chi connectivity index (χ0v) is 18.2. The van der Waals surface area contributed by atoms with E-state index in [9.17, 15) is 9.59 Å². The lowest BCUT2D eigenvalue weighted by Crippen LogP contribution is -2.21. The number of aromatic amines is 1. The van der Waals surface area contributed by atoms with E-state index in [-0.39, 0.29) is 24.8 Å². The molecule has 2 N–H and O–H groups in total. The number of rotatable bonds is 9. The van der Waals surface area contributed by atoms with Crippen LogP contribution in [0.4, 0.5) is 5.69 Å². The topological polar surface area (TPSA) is 98.9 Å². The molecular weight excluding hydrogens is 412 g/mol. The number of aromatic nitrogens is 1. The Hall–Kier alpha value is -3.68. The molecule has 3 aromatic rings. The van der Waals surface area contributed by atoms with Crippen molar-refractivity contribution in [3.8, 4) is 23.0 Å². The van der Waals surface area contributed by atoms with Gasteiger partial charge in [-0.1, -0.05) is 25.8 Å².